The van der Waals surface area contributed by atoms with Gasteiger partial charge in [0.15, 0.2) is 0 Å². The lowest BCUT2D eigenvalue weighted by atomic mass is 10.2. The van der Waals surface area contributed by atoms with Gasteiger partial charge in [0.25, 0.3) is 0 Å². The molecular formula is C14H17N3O3. The van der Waals surface area contributed by atoms with Crippen molar-refractivity contribution in [1.29, 1.82) is 0 Å². The van der Waals surface area contributed by atoms with Gasteiger partial charge < -0.3 is 15.2 Å². The van der Waals surface area contributed by atoms with Gasteiger partial charge in [0.2, 0.25) is 0 Å². The summed E-state index contributed by atoms with van der Waals surface area (Å²) in [6.07, 6.45) is 1.36. The number of benzene rings is 1. The van der Waals surface area contributed by atoms with Crippen molar-refractivity contribution < 1.29 is 14.6 Å². The van der Waals surface area contributed by atoms with Gasteiger partial charge in [0, 0.05) is 25.7 Å². The average Bonchev–Trinajstić information content (AvgIpc) is 2.81. The number of aromatic carboxylic acids is 1. The van der Waals surface area contributed by atoms with E-state index in [9.17, 15) is 4.79 Å². The summed E-state index contributed by atoms with van der Waals surface area (Å²) in [7, 11) is 3.36. The number of ether oxygens (including phenoxy) is 1. The molecule has 0 aliphatic carbocycles. The van der Waals surface area contributed by atoms with Crippen LogP contribution in [0.15, 0.2) is 30.5 Å². The molecule has 0 amide bonds. The highest BCUT2D eigenvalue weighted by atomic mass is 16.5. The Bertz CT molecular complexity index is 607. The number of hydrogen-bond donors (Lipinski definition) is 2. The number of aryl methyl sites for hydroxylation is 1. The molecule has 2 aromatic rings. The van der Waals surface area contributed by atoms with E-state index in [2.05, 4.69) is 10.4 Å². The van der Waals surface area contributed by atoms with Crippen LogP contribution in [0.3, 0.4) is 0 Å². The molecule has 1 aromatic carbocycles. The molecule has 0 saturated carbocycles. The van der Waals surface area contributed by atoms with Crippen molar-refractivity contribution in [1.82, 2.24) is 15.1 Å². The van der Waals surface area contributed by atoms with E-state index in [1.54, 1.807) is 18.8 Å². The van der Waals surface area contributed by atoms with E-state index in [1.807, 2.05) is 24.3 Å². The molecule has 1 aromatic heterocycles. The fourth-order valence-electron chi connectivity index (χ4n) is 2.02. The Labute approximate surface area is 117 Å². The minimum absolute atomic E-state index is 0.222. The second kappa shape index (κ2) is 6.21. The molecule has 106 valence electrons. The third-order valence-corrected chi connectivity index (χ3v) is 3.09. The van der Waals surface area contributed by atoms with Crippen LogP contribution >= 0.6 is 0 Å². The van der Waals surface area contributed by atoms with Gasteiger partial charge in [0.1, 0.15) is 11.3 Å². The number of para-hydroxylation sites is 1. The average molecular weight is 275 g/mol. The van der Waals surface area contributed by atoms with E-state index in [1.165, 1.54) is 6.20 Å². The van der Waals surface area contributed by atoms with Gasteiger partial charge >= 0.3 is 5.97 Å². The van der Waals surface area contributed by atoms with E-state index in [0.29, 0.717) is 18.8 Å². The molecule has 0 fully saturated rings. The van der Waals surface area contributed by atoms with Crippen LogP contribution in [0.5, 0.6) is 5.75 Å². The molecule has 1 heterocycles. The quantitative estimate of drug-likeness (QED) is 0.833. The largest absolute Gasteiger partial charge is 0.496 e. The number of carboxylic acids is 1. The number of rotatable bonds is 6. The normalized spacial score (nSPS) is 10.5. The molecule has 2 rings (SSSR count). The predicted molar refractivity (Wildman–Crippen MR) is 73.7 cm³/mol. The number of methoxy groups -OCH3 is 1. The highest BCUT2D eigenvalue weighted by Crippen LogP contribution is 2.17. The van der Waals surface area contributed by atoms with Crippen molar-refractivity contribution in [2.24, 2.45) is 7.05 Å². The molecule has 0 aliphatic heterocycles. The highest BCUT2D eigenvalue weighted by molar-refractivity contribution is 5.88. The number of aromatic nitrogens is 2. The third-order valence-electron chi connectivity index (χ3n) is 3.09. The lowest BCUT2D eigenvalue weighted by Gasteiger charge is -2.10. The lowest BCUT2D eigenvalue weighted by Crippen LogP contribution is -2.18. The molecule has 0 atom stereocenters. The zero-order valence-electron chi connectivity index (χ0n) is 11.5. The standard InChI is InChI=1S/C14H17N3O3/c1-17-12(11(8-16-17)14(18)19)9-15-7-10-5-3-4-6-13(10)20-2/h3-6,8,15H,7,9H2,1-2H3,(H,18,19). The van der Waals surface area contributed by atoms with Crippen LogP contribution in [-0.4, -0.2) is 28.0 Å². The van der Waals surface area contributed by atoms with Crippen molar-refractivity contribution in [3.05, 3.63) is 47.3 Å². The molecule has 0 unspecified atom stereocenters. The Balaban J connectivity index is 2.03. The summed E-state index contributed by atoms with van der Waals surface area (Å²) < 4.78 is 6.84. The summed E-state index contributed by atoms with van der Waals surface area (Å²) in [5.74, 6) is -0.157. The third kappa shape index (κ3) is 2.97. The second-order valence-electron chi connectivity index (χ2n) is 4.35. The van der Waals surface area contributed by atoms with Gasteiger partial charge in [-0.05, 0) is 6.07 Å². The molecule has 0 aliphatic rings. The molecule has 0 saturated heterocycles. The van der Waals surface area contributed by atoms with Crippen LogP contribution < -0.4 is 10.1 Å². The van der Waals surface area contributed by atoms with Gasteiger partial charge in [0.05, 0.1) is 19.0 Å². The van der Waals surface area contributed by atoms with Crippen LogP contribution in [0, 0.1) is 0 Å². The number of hydrogen-bond acceptors (Lipinski definition) is 4. The van der Waals surface area contributed by atoms with E-state index in [0.717, 1.165) is 11.3 Å². The van der Waals surface area contributed by atoms with Gasteiger partial charge in [-0.1, -0.05) is 18.2 Å². The molecule has 20 heavy (non-hydrogen) atoms. The van der Waals surface area contributed by atoms with Crippen LogP contribution in [0.25, 0.3) is 0 Å². The van der Waals surface area contributed by atoms with Gasteiger partial charge in [-0.25, -0.2) is 4.79 Å². The molecule has 6 nitrogen and oxygen atoms in total. The molecule has 0 spiro atoms. The summed E-state index contributed by atoms with van der Waals surface area (Å²) in [6, 6.07) is 7.70. The fraction of sp³-hybridized carbons (Fsp3) is 0.286. The van der Waals surface area contributed by atoms with E-state index in [-0.39, 0.29) is 5.56 Å². The van der Waals surface area contributed by atoms with Crippen LogP contribution in [-0.2, 0) is 20.1 Å². The van der Waals surface area contributed by atoms with Crippen LogP contribution in [0.1, 0.15) is 21.6 Å². The summed E-state index contributed by atoms with van der Waals surface area (Å²) >= 11 is 0. The Hall–Kier alpha value is -2.34. The summed E-state index contributed by atoms with van der Waals surface area (Å²) in [5.41, 5.74) is 1.89. The summed E-state index contributed by atoms with van der Waals surface area (Å²) in [5, 5.41) is 16.3. The Kier molecular flexibility index (Phi) is 4.37. The smallest absolute Gasteiger partial charge is 0.339 e. The minimum atomic E-state index is -0.966. The van der Waals surface area contributed by atoms with Crippen LogP contribution in [0.4, 0.5) is 0 Å². The van der Waals surface area contributed by atoms with Crippen molar-refractivity contribution in [2.75, 3.05) is 7.11 Å². The van der Waals surface area contributed by atoms with Gasteiger partial charge in [-0.15, -0.1) is 0 Å². The van der Waals surface area contributed by atoms with Crippen molar-refractivity contribution in [3.8, 4) is 5.75 Å². The second-order valence-corrected chi connectivity index (χ2v) is 4.35. The molecule has 0 radical (unpaired) electrons. The Morgan fingerprint density at radius 3 is 2.85 bits per heavy atom. The molecule has 0 bridgehead atoms. The zero-order valence-corrected chi connectivity index (χ0v) is 11.5. The number of carboxylic acid groups (broad SMARTS) is 1. The van der Waals surface area contributed by atoms with Gasteiger partial charge in [-0.3, -0.25) is 4.68 Å². The maximum Gasteiger partial charge on any atom is 0.339 e. The van der Waals surface area contributed by atoms with Crippen LogP contribution in [0.2, 0.25) is 0 Å². The maximum atomic E-state index is 11.1. The first-order valence-corrected chi connectivity index (χ1v) is 6.20. The van der Waals surface area contributed by atoms with Crippen molar-refractivity contribution >= 4 is 5.97 Å². The van der Waals surface area contributed by atoms with E-state index < -0.39 is 5.97 Å². The number of nitrogens with one attached hydrogen (secondary N) is 1. The number of nitrogens with zero attached hydrogens (tertiary/aromatic N) is 2. The lowest BCUT2D eigenvalue weighted by molar-refractivity contribution is 0.0695. The maximum absolute atomic E-state index is 11.1. The van der Waals surface area contributed by atoms with Crippen molar-refractivity contribution in [2.45, 2.75) is 13.1 Å². The zero-order chi connectivity index (χ0) is 14.5. The highest BCUT2D eigenvalue weighted by Gasteiger charge is 2.14. The summed E-state index contributed by atoms with van der Waals surface area (Å²) in [4.78, 5) is 11.1. The first-order valence-electron chi connectivity index (χ1n) is 6.20. The van der Waals surface area contributed by atoms with E-state index in [4.69, 9.17) is 9.84 Å². The fourth-order valence-corrected chi connectivity index (χ4v) is 2.02. The predicted octanol–water partition coefficient (Wildman–Crippen LogP) is 1.42. The topological polar surface area (TPSA) is 76.4 Å². The first-order chi connectivity index (χ1) is 9.63. The minimum Gasteiger partial charge on any atom is -0.496 e. The molecule has 2 N–H and O–H groups in total. The monoisotopic (exact) mass is 275 g/mol. The Morgan fingerprint density at radius 2 is 2.15 bits per heavy atom. The van der Waals surface area contributed by atoms with Crippen molar-refractivity contribution in [3.63, 3.8) is 0 Å². The SMILES string of the molecule is COc1ccccc1CNCc1c(C(=O)O)cnn1C. The summed E-state index contributed by atoms with van der Waals surface area (Å²) in [6.45, 7) is 1.02. The first kappa shape index (κ1) is 14.1. The molecular weight excluding hydrogens is 258 g/mol. The van der Waals surface area contributed by atoms with E-state index >= 15 is 0 Å². The van der Waals surface area contributed by atoms with Gasteiger partial charge in [-0.2, -0.15) is 5.10 Å². The molecule has 6 heteroatoms. The Morgan fingerprint density at radius 1 is 1.40 bits per heavy atom. The number of carbonyl (C=O) groups is 1.